The van der Waals surface area contributed by atoms with Crippen LogP contribution in [0.15, 0.2) is 36.4 Å². The average molecular weight is 351 g/mol. The first kappa shape index (κ1) is 19.1. The third-order valence-corrected chi connectivity index (χ3v) is 5.97. The van der Waals surface area contributed by atoms with Gasteiger partial charge in [-0.1, -0.05) is 63.8 Å². The molecule has 0 amide bonds. The van der Waals surface area contributed by atoms with E-state index >= 15 is 0 Å². The van der Waals surface area contributed by atoms with Gasteiger partial charge in [0.15, 0.2) is 0 Å². The zero-order valence-electron chi connectivity index (χ0n) is 16.6. The molecule has 2 nitrogen and oxygen atoms in total. The summed E-state index contributed by atoms with van der Waals surface area (Å²) < 4.78 is 0. The molecule has 26 heavy (non-hydrogen) atoms. The van der Waals surface area contributed by atoms with Crippen molar-refractivity contribution < 1.29 is 0 Å². The summed E-state index contributed by atoms with van der Waals surface area (Å²) in [6.07, 6.45) is 13.1. The number of unbranched alkanes of at least 4 members (excludes halogenated alkanes) is 2. The van der Waals surface area contributed by atoms with Crippen molar-refractivity contribution in [1.29, 1.82) is 0 Å². The summed E-state index contributed by atoms with van der Waals surface area (Å²) in [5, 5.41) is 9.12. The van der Waals surface area contributed by atoms with Gasteiger partial charge >= 0.3 is 0 Å². The minimum Gasteiger partial charge on any atom is -0.155 e. The fourth-order valence-corrected chi connectivity index (χ4v) is 4.29. The maximum absolute atomic E-state index is 4.58. The molecular weight excluding hydrogens is 316 g/mol. The minimum absolute atomic E-state index is 0.616. The summed E-state index contributed by atoms with van der Waals surface area (Å²) in [6.45, 7) is 4.55. The molecule has 0 bridgehead atoms. The highest BCUT2D eigenvalue weighted by Crippen LogP contribution is 2.36. The van der Waals surface area contributed by atoms with Gasteiger partial charge in [0.05, 0.1) is 11.4 Å². The molecule has 0 aliphatic heterocycles. The van der Waals surface area contributed by atoms with E-state index in [0.717, 1.165) is 11.6 Å². The average Bonchev–Trinajstić information content (AvgIpc) is 2.70. The van der Waals surface area contributed by atoms with Gasteiger partial charge in [0, 0.05) is 11.5 Å². The maximum Gasteiger partial charge on any atom is 0.0929 e. The van der Waals surface area contributed by atoms with Gasteiger partial charge in [-0.2, -0.15) is 10.2 Å². The number of aryl methyl sites for hydroxylation is 1. The maximum atomic E-state index is 4.58. The smallest absolute Gasteiger partial charge is 0.0929 e. The molecule has 0 atom stereocenters. The fraction of sp³-hybridized carbons (Fsp3) is 0.583. The Kier molecular flexibility index (Phi) is 7.22. The zero-order chi connectivity index (χ0) is 18.2. The summed E-state index contributed by atoms with van der Waals surface area (Å²) in [7, 11) is 0. The summed E-state index contributed by atoms with van der Waals surface area (Å²) >= 11 is 0. The van der Waals surface area contributed by atoms with E-state index in [2.05, 4.69) is 60.4 Å². The number of hydrogen-bond donors (Lipinski definition) is 0. The highest BCUT2D eigenvalue weighted by Gasteiger charge is 2.23. The molecule has 1 saturated carbocycles. The molecule has 2 aromatic rings. The lowest BCUT2D eigenvalue weighted by molar-refractivity contribution is 0.304. The molecule has 1 heterocycles. The molecule has 1 aliphatic rings. The van der Waals surface area contributed by atoms with Crippen LogP contribution >= 0.6 is 0 Å². The summed E-state index contributed by atoms with van der Waals surface area (Å²) in [6, 6.07) is 13.3. The van der Waals surface area contributed by atoms with Crippen molar-refractivity contribution in [1.82, 2.24) is 10.2 Å². The number of rotatable bonds is 8. The van der Waals surface area contributed by atoms with E-state index in [1.54, 1.807) is 0 Å². The monoisotopic (exact) mass is 350 g/mol. The lowest BCUT2D eigenvalue weighted by Gasteiger charge is -2.27. The van der Waals surface area contributed by atoms with Crippen LogP contribution in [0.4, 0.5) is 0 Å². The van der Waals surface area contributed by atoms with Crippen LogP contribution in [0, 0.1) is 5.92 Å². The van der Waals surface area contributed by atoms with Gasteiger partial charge in [-0.05, 0) is 62.1 Å². The minimum atomic E-state index is 0.616. The second-order valence-corrected chi connectivity index (χ2v) is 8.00. The molecule has 0 saturated heterocycles. The molecule has 1 aromatic carbocycles. The van der Waals surface area contributed by atoms with Gasteiger partial charge in [0.25, 0.3) is 0 Å². The molecule has 2 heteroatoms. The predicted molar refractivity (Wildman–Crippen MR) is 110 cm³/mol. The van der Waals surface area contributed by atoms with Crippen LogP contribution in [-0.2, 0) is 6.42 Å². The normalized spacial score (nSPS) is 20.2. The molecule has 0 radical (unpaired) electrons. The zero-order valence-corrected chi connectivity index (χ0v) is 16.6. The molecule has 1 aromatic heterocycles. The van der Waals surface area contributed by atoms with E-state index in [0.29, 0.717) is 5.92 Å². The molecule has 140 valence electrons. The molecule has 0 unspecified atom stereocenters. The Morgan fingerprint density at radius 3 is 2.19 bits per heavy atom. The Morgan fingerprint density at radius 1 is 0.808 bits per heavy atom. The fourth-order valence-electron chi connectivity index (χ4n) is 4.29. The Balaban J connectivity index is 1.57. The number of benzene rings is 1. The van der Waals surface area contributed by atoms with Gasteiger partial charge < -0.3 is 0 Å². The van der Waals surface area contributed by atoms with Gasteiger partial charge in [-0.3, -0.25) is 0 Å². The highest BCUT2D eigenvalue weighted by molar-refractivity contribution is 5.58. The summed E-state index contributed by atoms with van der Waals surface area (Å²) in [4.78, 5) is 0. The van der Waals surface area contributed by atoms with Gasteiger partial charge in [-0.25, -0.2) is 0 Å². The second kappa shape index (κ2) is 9.85. The number of nitrogens with zero attached hydrogens (tertiary/aromatic N) is 2. The highest BCUT2D eigenvalue weighted by atomic mass is 15.1. The summed E-state index contributed by atoms with van der Waals surface area (Å²) in [5.74, 6) is 1.56. The Labute approximate surface area is 159 Å². The van der Waals surface area contributed by atoms with Gasteiger partial charge in [0.1, 0.15) is 0 Å². The van der Waals surface area contributed by atoms with Crippen LogP contribution in [-0.4, -0.2) is 10.2 Å². The third kappa shape index (κ3) is 5.16. The van der Waals surface area contributed by atoms with Gasteiger partial charge in [0.2, 0.25) is 0 Å². The van der Waals surface area contributed by atoms with Crippen molar-refractivity contribution in [3.8, 4) is 11.3 Å². The topological polar surface area (TPSA) is 25.8 Å². The van der Waals surface area contributed by atoms with E-state index in [1.165, 1.54) is 81.0 Å². The van der Waals surface area contributed by atoms with E-state index in [1.807, 2.05) is 0 Å². The van der Waals surface area contributed by atoms with Crippen molar-refractivity contribution in [2.75, 3.05) is 0 Å². The quantitative estimate of drug-likeness (QED) is 0.481. The second-order valence-electron chi connectivity index (χ2n) is 8.00. The molecule has 1 fully saturated rings. The lowest BCUT2D eigenvalue weighted by atomic mass is 9.79. The standard InChI is InChI=1S/C24H34N2/c1-3-5-6-8-20-11-15-22(16-12-20)24-18-17-23(25-26-24)21-13-9-19(7-4-2)10-14-21/h11-12,15-19,21H,3-10,13-14H2,1-2H3. The first-order chi connectivity index (χ1) is 12.8. The number of hydrogen-bond acceptors (Lipinski definition) is 2. The number of aromatic nitrogens is 2. The van der Waals surface area contributed by atoms with Crippen molar-refractivity contribution in [2.24, 2.45) is 5.92 Å². The van der Waals surface area contributed by atoms with Crippen LogP contribution in [0.2, 0.25) is 0 Å². The molecule has 3 rings (SSSR count). The van der Waals surface area contributed by atoms with Crippen LogP contribution < -0.4 is 0 Å². The Bertz CT molecular complexity index is 637. The van der Waals surface area contributed by atoms with Crippen molar-refractivity contribution in [3.05, 3.63) is 47.7 Å². The van der Waals surface area contributed by atoms with Crippen LogP contribution in [0.25, 0.3) is 11.3 Å². The molecule has 0 N–H and O–H groups in total. The Hall–Kier alpha value is -1.70. The molecule has 1 aliphatic carbocycles. The van der Waals surface area contributed by atoms with E-state index in [-0.39, 0.29) is 0 Å². The lowest BCUT2D eigenvalue weighted by Crippen LogP contribution is -2.14. The molecule has 0 spiro atoms. The van der Waals surface area contributed by atoms with Crippen molar-refractivity contribution in [2.45, 2.75) is 84.0 Å². The van der Waals surface area contributed by atoms with Gasteiger partial charge in [-0.15, -0.1) is 0 Å². The van der Waals surface area contributed by atoms with E-state index < -0.39 is 0 Å². The largest absolute Gasteiger partial charge is 0.155 e. The summed E-state index contributed by atoms with van der Waals surface area (Å²) in [5.41, 5.74) is 4.79. The Morgan fingerprint density at radius 2 is 1.58 bits per heavy atom. The van der Waals surface area contributed by atoms with Crippen LogP contribution in [0.5, 0.6) is 0 Å². The first-order valence-electron chi connectivity index (χ1n) is 10.7. The SMILES string of the molecule is CCCCCc1ccc(-c2ccc(C3CCC(CCC)CC3)nn2)cc1. The van der Waals surface area contributed by atoms with Crippen molar-refractivity contribution >= 4 is 0 Å². The first-order valence-corrected chi connectivity index (χ1v) is 10.7. The third-order valence-electron chi connectivity index (χ3n) is 5.97. The van der Waals surface area contributed by atoms with Crippen LogP contribution in [0.3, 0.4) is 0 Å². The van der Waals surface area contributed by atoms with Crippen LogP contribution in [0.1, 0.15) is 88.8 Å². The van der Waals surface area contributed by atoms with Crippen molar-refractivity contribution in [3.63, 3.8) is 0 Å². The predicted octanol–water partition coefficient (Wildman–Crippen LogP) is 6.95. The van der Waals surface area contributed by atoms with E-state index in [9.17, 15) is 0 Å². The van der Waals surface area contributed by atoms with E-state index in [4.69, 9.17) is 0 Å². The molecular formula is C24H34N2.